The van der Waals surface area contributed by atoms with Crippen LogP contribution in [-0.2, 0) is 4.79 Å². The lowest BCUT2D eigenvalue weighted by atomic mass is 9.94. The summed E-state index contributed by atoms with van der Waals surface area (Å²) in [4.78, 5) is 41.9. The number of carbonyl (C=O) groups excluding carboxylic acids is 3. The Hall–Kier alpha value is -2.73. The standard InChI is InChI=1S/C23H27N3O3/c1-2-13-25(17-11-12-24-15-17)20(27)10-5-14-26-22(28)18-8-3-6-16-7-4-9-19(21(16)18)23(26)29/h3-4,6-9,17,24H,2,5,10-15H2,1H3. The van der Waals surface area contributed by atoms with Crippen LogP contribution in [0.3, 0.4) is 0 Å². The van der Waals surface area contributed by atoms with Gasteiger partial charge in [0.15, 0.2) is 0 Å². The molecule has 1 saturated heterocycles. The zero-order valence-corrected chi connectivity index (χ0v) is 16.8. The van der Waals surface area contributed by atoms with Gasteiger partial charge in [-0.05, 0) is 43.3 Å². The number of imide groups is 1. The van der Waals surface area contributed by atoms with Crippen LogP contribution in [0.5, 0.6) is 0 Å². The van der Waals surface area contributed by atoms with Crippen molar-refractivity contribution in [3.63, 3.8) is 0 Å². The summed E-state index contributed by atoms with van der Waals surface area (Å²) in [5, 5.41) is 4.95. The van der Waals surface area contributed by atoms with Crippen LogP contribution < -0.4 is 5.32 Å². The average molecular weight is 393 g/mol. The van der Waals surface area contributed by atoms with E-state index in [9.17, 15) is 14.4 Å². The quantitative estimate of drug-likeness (QED) is 0.735. The number of hydrogen-bond donors (Lipinski definition) is 1. The molecule has 0 aliphatic carbocycles. The summed E-state index contributed by atoms with van der Waals surface area (Å²) < 4.78 is 0. The van der Waals surface area contributed by atoms with Crippen molar-refractivity contribution in [3.8, 4) is 0 Å². The van der Waals surface area contributed by atoms with Gasteiger partial charge in [-0.1, -0.05) is 31.2 Å². The molecular weight excluding hydrogens is 366 g/mol. The van der Waals surface area contributed by atoms with Gasteiger partial charge in [0.25, 0.3) is 11.8 Å². The highest BCUT2D eigenvalue weighted by atomic mass is 16.2. The van der Waals surface area contributed by atoms with E-state index in [1.54, 1.807) is 12.1 Å². The van der Waals surface area contributed by atoms with Gasteiger partial charge in [0.05, 0.1) is 0 Å². The number of nitrogens with zero attached hydrogens (tertiary/aromatic N) is 2. The number of carbonyl (C=O) groups is 3. The maximum Gasteiger partial charge on any atom is 0.261 e. The van der Waals surface area contributed by atoms with Gasteiger partial charge in [-0.3, -0.25) is 19.3 Å². The highest BCUT2D eigenvalue weighted by Gasteiger charge is 2.32. The molecule has 2 aromatic rings. The molecular formula is C23H27N3O3. The van der Waals surface area contributed by atoms with E-state index in [0.717, 1.165) is 43.2 Å². The molecule has 2 aromatic carbocycles. The van der Waals surface area contributed by atoms with Crippen molar-refractivity contribution in [1.82, 2.24) is 15.1 Å². The Morgan fingerprint density at radius 1 is 1.14 bits per heavy atom. The average Bonchev–Trinajstić information content (AvgIpc) is 3.26. The fourth-order valence-electron chi connectivity index (χ4n) is 4.47. The molecule has 2 heterocycles. The molecule has 0 bridgehead atoms. The zero-order valence-electron chi connectivity index (χ0n) is 16.8. The third-order valence-corrected chi connectivity index (χ3v) is 5.89. The lowest BCUT2D eigenvalue weighted by molar-refractivity contribution is -0.133. The van der Waals surface area contributed by atoms with E-state index in [2.05, 4.69) is 12.2 Å². The van der Waals surface area contributed by atoms with Crippen LogP contribution in [0, 0.1) is 0 Å². The molecule has 1 unspecified atom stereocenters. The Balaban J connectivity index is 1.44. The number of hydrogen-bond acceptors (Lipinski definition) is 4. The third kappa shape index (κ3) is 3.65. The maximum absolute atomic E-state index is 12.9. The second-order valence-corrected chi connectivity index (χ2v) is 7.81. The van der Waals surface area contributed by atoms with Gasteiger partial charge in [-0.2, -0.15) is 0 Å². The van der Waals surface area contributed by atoms with Crippen LogP contribution in [0.25, 0.3) is 10.8 Å². The lowest BCUT2D eigenvalue weighted by Gasteiger charge is -2.29. The first kappa shape index (κ1) is 19.6. The van der Waals surface area contributed by atoms with E-state index < -0.39 is 0 Å². The first-order valence-electron chi connectivity index (χ1n) is 10.5. The fraction of sp³-hybridized carbons (Fsp3) is 0.435. The minimum atomic E-state index is -0.267. The molecule has 1 fully saturated rings. The van der Waals surface area contributed by atoms with Gasteiger partial charge in [0.1, 0.15) is 0 Å². The van der Waals surface area contributed by atoms with Crippen LogP contribution in [-0.4, -0.2) is 59.7 Å². The summed E-state index contributed by atoms with van der Waals surface area (Å²) >= 11 is 0. The van der Waals surface area contributed by atoms with Crippen LogP contribution in [0.15, 0.2) is 36.4 Å². The zero-order chi connectivity index (χ0) is 20.4. The SMILES string of the molecule is CCCN(C(=O)CCCN1C(=O)c2cccc3cccc(c23)C1=O)C1CCNC1. The highest BCUT2D eigenvalue weighted by molar-refractivity contribution is 6.25. The predicted octanol–water partition coefficient (Wildman–Crippen LogP) is 2.82. The van der Waals surface area contributed by atoms with Crippen molar-refractivity contribution in [2.45, 2.75) is 38.6 Å². The summed E-state index contributed by atoms with van der Waals surface area (Å²) in [6.07, 6.45) is 2.73. The second-order valence-electron chi connectivity index (χ2n) is 7.81. The van der Waals surface area contributed by atoms with Gasteiger partial charge in [-0.15, -0.1) is 0 Å². The van der Waals surface area contributed by atoms with Crippen molar-refractivity contribution in [2.24, 2.45) is 0 Å². The van der Waals surface area contributed by atoms with E-state index in [1.807, 2.05) is 29.2 Å². The largest absolute Gasteiger partial charge is 0.338 e. The molecule has 0 radical (unpaired) electrons. The molecule has 0 aromatic heterocycles. The van der Waals surface area contributed by atoms with Crippen LogP contribution in [0.4, 0.5) is 0 Å². The molecule has 3 amide bonds. The van der Waals surface area contributed by atoms with Gasteiger partial charge in [0.2, 0.25) is 5.91 Å². The monoisotopic (exact) mass is 393 g/mol. The van der Waals surface area contributed by atoms with E-state index in [0.29, 0.717) is 24.0 Å². The van der Waals surface area contributed by atoms with E-state index in [4.69, 9.17) is 0 Å². The summed E-state index contributed by atoms with van der Waals surface area (Å²) in [6, 6.07) is 11.3. The van der Waals surface area contributed by atoms with Crippen LogP contribution in [0.1, 0.15) is 53.3 Å². The maximum atomic E-state index is 12.9. The Kier molecular flexibility index (Phi) is 5.62. The van der Waals surface area contributed by atoms with Crippen molar-refractivity contribution in [2.75, 3.05) is 26.2 Å². The molecule has 0 spiro atoms. The number of amides is 3. The number of nitrogens with one attached hydrogen (secondary N) is 1. The molecule has 4 rings (SSSR count). The second kappa shape index (κ2) is 8.33. The van der Waals surface area contributed by atoms with Gasteiger partial charge >= 0.3 is 0 Å². The Morgan fingerprint density at radius 2 is 1.83 bits per heavy atom. The van der Waals surface area contributed by atoms with Crippen LogP contribution in [0.2, 0.25) is 0 Å². The number of rotatable bonds is 7. The van der Waals surface area contributed by atoms with Gasteiger partial charge < -0.3 is 10.2 Å². The Morgan fingerprint density at radius 3 is 2.41 bits per heavy atom. The molecule has 1 atom stereocenters. The molecule has 6 nitrogen and oxygen atoms in total. The minimum Gasteiger partial charge on any atom is -0.338 e. The summed E-state index contributed by atoms with van der Waals surface area (Å²) in [6.45, 7) is 4.88. The van der Waals surface area contributed by atoms with Crippen LogP contribution >= 0.6 is 0 Å². The molecule has 6 heteroatoms. The van der Waals surface area contributed by atoms with Crippen molar-refractivity contribution >= 4 is 28.5 Å². The van der Waals surface area contributed by atoms with Gasteiger partial charge in [-0.25, -0.2) is 0 Å². The predicted molar refractivity (Wildman–Crippen MR) is 112 cm³/mol. The molecule has 2 aliphatic rings. The Bertz CT molecular complexity index is 899. The van der Waals surface area contributed by atoms with E-state index in [-0.39, 0.29) is 30.3 Å². The summed E-state index contributed by atoms with van der Waals surface area (Å²) in [5.41, 5.74) is 1.13. The topological polar surface area (TPSA) is 69.7 Å². The van der Waals surface area contributed by atoms with Crippen molar-refractivity contribution in [1.29, 1.82) is 0 Å². The normalized spacial score (nSPS) is 18.5. The lowest BCUT2D eigenvalue weighted by Crippen LogP contribution is -2.43. The molecule has 29 heavy (non-hydrogen) atoms. The summed E-state index contributed by atoms with van der Waals surface area (Å²) in [7, 11) is 0. The molecule has 1 N–H and O–H groups in total. The smallest absolute Gasteiger partial charge is 0.261 e. The summed E-state index contributed by atoms with van der Waals surface area (Å²) in [5.74, 6) is -0.422. The molecule has 152 valence electrons. The minimum absolute atomic E-state index is 0.111. The molecule has 2 aliphatic heterocycles. The van der Waals surface area contributed by atoms with Gasteiger partial charge in [0, 0.05) is 48.6 Å². The van der Waals surface area contributed by atoms with Crippen molar-refractivity contribution in [3.05, 3.63) is 47.5 Å². The first-order chi connectivity index (χ1) is 14.1. The molecule has 0 saturated carbocycles. The van der Waals surface area contributed by atoms with Crippen molar-refractivity contribution < 1.29 is 14.4 Å². The van der Waals surface area contributed by atoms with E-state index in [1.165, 1.54) is 4.90 Å². The Labute approximate surface area is 170 Å². The highest BCUT2D eigenvalue weighted by Crippen LogP contribution is 2.30. The third-order valence-electron chi connectivity index (χ3n) is 5.89. The van der Waals surface area contributed by atoms with E-state index >= 15 is 0 Å². The first-order valence-corrected chi connectivity index (χ1v) is 10.5. The number of benzene rings is 2. The fourth-order valence-corrected chi connectivity index (χ4v) is 4.47.